The van der Waals surface area contributed by atoms with Gasteiger partial charge in [-0.15, -0.1) is 0 Å². The molecule has 92 valence electrons. The van der Waals surface area contributed by atoms with Crippen molar-refractivity contribution < 1.29 is 19.6 Å². The Balaban J connectivity index is 2.94. The molecule has 0 bridgehead atoms. The number of carboxylic acids is 1. The topological polar surface area (TPSA) is 116 Å². The molecule has 7 heteroatoms. The summed E-state index contributed by atoms with van der Waals surface area (Å²) in [4.78, 5) is 20.7. The standard InChI is InChI=1S/C10H12N2O5/c11-4-1-5-17-7-2-3-9(12(15)16)8(6-7)10(13)14/h2-3,6H,1,4-5,11H2,(H,13,14). The number of aromatic carboxylic acids is 1. The van der Waals surface area contributed by atoms with E-state index in [-0.39, 0.29) is 11.3 Å². The van der Waals surface area contributed by atoms with Crippen LogP contribution in [-0.4, -0.2) is 29.2 Å². The van der Waals surface area contributed by atoms with Crippen LogP contribution in [0.3, 0.4) is 0 Å². The zero-order valence-electron chi connectivity index (χ0n) is 8.96. The van der Waals surface area contributed by atoms with Gasteiger partial charge in [0.25, 0.3) is 5.69 Å². The normalized spacial score (nSPS) is 9.94. The van der Waals surface area contributed by atoms with E-state index in [4.69, 9.17) is 15.6 Å². The molecule has 0 amide bonds. The van der Waals surface area contributed by atoms with Gasteiger partial charge in [-0.05, 0) is 19.0 Å². The maximum atomic E-state index is 10.8. The lowest BCUT2D eigenvalue weighted by Gasteiger charge is -2.06. The number of carbonyl (C=O) groups is 1. The van der Waals surface area contributed by atoms with Crippen LogP contribution in [0.15, 0.2) is 18.2 Å². The van der Waals surface area contributed by atoms with E-state index in [0.717, 1.165) is 12.1 Å². The summed E-state index contributed by atoms with van der Waals surface area (Å²) in [6.07, 6.45) is 0.624. The molecule has 0 unspecified atom stereocenters. The summed E-state index contributed by atoms with van der Waals surface area (Å²) in [7, 11) is 0. The average Bonchev–Trinajstić information content (AvgIpc) is 2.29. The summed E-state index contributed by atoms with van der Waals surface area (Å²) < 4.78 is 5.21. The molecule has 1 aromatic rings. The lowest BCUT2D eigenvalue weighted by atomic mass is 10.1. The second kappa shape index (κ2) is 5.80. The van der Waals surface area contributed by atoms with Crippen molar-refractivity contribution in [1.82, 2.24) is 0 Å². The van der Waals surface area contributed by atoms with Gasteiger partial charge in [0.15, 0.2) is 0 Å². The lowest BCUT2D eigenvalue weighted by Crippen LogP contribution is -2.07. The van der Waals surface area contributed by atoms with Gasteiger partial charge in [-0.3, -0.25) is 10.1 Å². The zero-order chi connectivity index (χ0) is 12.8. The van der Waals surface area contributed by atoms with Crippen LogP contribution >= 0.6 is 0 Å². The molecule has 0 fully saturated rings. The predicted octanol–water partition coefficient (Wildman–Crippen LogP) is 1.02. The Hall–Kier alpha value is -2.15. The SMILES string of the molecule is NCCCOc1ccc([N+](=O)[O-])c(C(=O)O)c1. The van der Waals surface area contributed by atoms with E-state index in [2.05, 4.69) is 0 Å². The van der Waals surface area contributed by atoms with E-state index in [1.807, 2.05) is 0 Å². The van der Waals surface area contributed by atoms with Crippen molar-refractivity contribution in [3.05, 3.63) is 33.9 Å². The van der Waals surface area contributed by atoms with Gasteiger partial charge in [0.1, 0.15) is 11.3 Å². The number of hydrogen-bond donors (Lipinski definition) is 2. The zero-order valence-corrected chi connectivity index (χ0v) is 8.96. The molecule has 1 rings (SSSR count). The molecule has 0 heterocycles. The minimum Gasteiger partial charge on any atom is -0.494 e. The fourth-order valence-corrected chi connectivity index (χ4v) is 1.21. The van der Waals surface area contributed by atoms with Gasteiger partial charge in [-0.25, -0.2) is 4.79 Å². The first-order valence-corrected chi connectivity index (χ1v) is 4.91. The molecular formula is C10H12N2O5. The quantitative estimate of drug-likeness (QED) is 0.435. The number of hydrogen-bond acceptors (Lipinski definition) is 5. The minimum atomic E-state index is -1.36. The number of benzene rings is 1. The van der Waals surface area contributed by atoms with Gasteiger partial charge in [0, 0.05) is 12.1 Å². The van der Waals surface area contributed by atoms with E-state index in [1.165, 1.54) is 6.07 Å². The summed E-state index contributed by atoms with van der Waals surface area (Å²) in [6, 6.07) is 3.61. The van der Waals surface area contributed by atoms with E-state index in [1.54, 1.807) is 0 Å². The summed E-state index contributed by atoms with van der Waals surface area (Å²) in [5.41, 5.74) is 4.43. The first-order chi connectivity index (χ1) is 8.06. The van der Waals surface area contributed by atoms with Crippen LogP contribution in [0, 0.1) is 10.1 Å². The van der Waals surface area contributed by atoms with Crippen molar-refractivity contribution in [2.24, 2.45) is 5.73 Å². The Morgan fingerprint density at radius 3 is 2.76 bits per heavy atom. The summed E-state index contributed by atoms with van der Waals surface area (Å²) in [5.74, 6) is -1.08. The Kier molecular flexibility index (Phi) is 4.41. The van der Waals surface area contributed by atoms with Gasteiger partial charge in [0.2, 0.25) is 0 Å². The fourth-order valence-electron chi connectivity index (χ4n) is 1.21. The van der Waals surface area contributed by atoms with Gasteiger partial charge in [-0.1, -0.05) is 0 Å². The van der Waals surface area contributed by atoms with Crippen molar-refractivity contribution in [2.75, 3.05) is 13.2 Å². The molecule has 0 atom stereocenters. The highest BCUT2D eigenvalue weighted by Gasteiger charge is 2.20. The van der Waals surface area contributed by atoms with Crippen LogP contribution in [0.2, 0.25) is 0 Å². The number of nitro groups is 1. The average molecular weight is 240 g/mol. The molecule has 0 aromatic heterocycles. The highest BCUT2D eigenvalue weighted by molar-refractivity contribution is 5.92. The monoisotopic (exact) mass is 240 g/mol. The number of nitrogens with zero attached hydrogens (tertiary/aromatic N) is 1. The van der Waals surface area contributed by atoms with Gasteiger partial charge in [0.05, 0.1) is 11.5 Å². The molecule has 0 aliphatic carbocycles. The van der Waals surface area contributed by atoms with Crippen LogP contribution in [0.1, 0.15) is 16.8 Å². The van der Waals surface area contributed by atoms with E-state index in [9.17, 15) is 14.9 Å². The predicted molar refractivity (Wildman–Crippen MR) is 59.2 cm³/mol. The smallest absolute Gasteiger partial charge is 0.342 e. The van der Waals surface area contributed by atoms with Gasteiger partial charge in [-0.2, -0.15) is 0 Å². The molecule has 7 nitrogen and oxygen atoms in total. The molecule has 0 aliphatic heterocycles. The molecule has 0 radical (unpaired) electrons. The molecule has 0 spiro atoms. The highest BCUT2D eigenvalue weighted by Crippen LogP contribution is 2.24. The Labute approximate surface area is 97.0 Å². The maximum absolute atomic E-state index is 10.8. The number of carboxylic acid groups (broad SMARTS) is 1. The molecule has 17 heavy (non-hydrogen) atoms. The maximum Gasteiger partial charge on any atom is 0.342 e. The second-order valence-corrected chi connectivity index (χ2v) is 3.23. The Morgan fingerprint density at radius 2 is 2.24 bits per heavy atom. The van der Waals surface area contributed by atoms with Crippen LogP contribution < -0.4 is 10.5 Å². The van der Waals surface area contributed by atoms with Crippen molar-refractivity contribution in [3.63, 3.8) is 0 Å². The summed E-state index contributed by atoms with van der Waals surface area (Å²) in [6.45, 7) is 0.798. The number of rotatable bonds is 6. The van der Waals surface area contributed by atoms with Crippen LogP contribution in [0.25, 0.3) is 0 Å². The van der Waals surface area contributed by atoms with Crippen molar-refractivity contribution in [1.29, 1.82) is 0 Å². The second-order valence-electron chi connectivity index (χ2n) is 3.23. The van der Waals surface area contributed by atoms with Gasteiger partial charge >= 0.3 is 5.97 Å². The van der Waals surface area contributed by atoms with Crippen LogP contribution in [0.5, 0.6) is 5.75 Å². The molecule has 1 aromatic carbocycles. The number of nitrogens with two attached hydrogens (primary N) is 1. The Bertz CT molecular complexity index is 433. The van der Waals surface area contributed by atoms with Crippen molar-refractivity contribution in [2.45, 2.75) is 6.42 Å². The Morgan fingerprint density at radius 1 is 1.53 bits per heavy atom. The first-order valence-electron chi connectivity index (χ1n) is 4.91. The molecule has 0 saturated heterocycles. The summed E-state index contributed by atoms with van der Waals surface area (Å²) in [5, 5.41) is 19.4. The fraction of sp³-hybridized carbons (Fsp3) is 0.300. The van der Waals surface area contributed by atoms with Crippen molar-refractivity contribution >= 4 is 11.7 Å². The van der Waals surface area contributed by atoms with E-state index in [0.29, 0.717) is 19.6 Å². The molecule has 3 N–H and O–H groups in total. The third-order valence-corrected chi connectivity index (χ3v) is 2.01. The summed E-state index contributed by atoms with van der Waals surface area (Å²) >= 11 is 0. The van der Waals surface area contributed by atoms with Crippen molar-refractivity contribution in [3.8, 4) is 5.75 Å². The third-order valence-electron chi connectivity index (χ3n) is 2.01. The van der Waals surface area contributed by atoms with E-state index < -0.39 is 16.6 Å². The van der Waals surface area contributed by atoms with Crippen LogP contribution in [-0.2, 0) is 0 Å². The first kappa shape index (κ1) is 12.9. The largest absolute Gasteiger partial charge is 0.494 e. The van der Waals surface area contributed by atoms with Crippen LogP contribution in [0.4, 0.5) is 5.69 Å². The lowest BCUT2D eigenvalue weighted by molar-refractivity contribution is -0.385. The number of ether oxygens (including phenoxy) is 1. The highest BCUT2D eigenvalue weighted by atomic mass is 16.6. The van der Waals surface area contributed by atoms with E-state index >= 15 is 0 Å². The number of nitro benzene ring substituents is 1. The molecular weight excluding hydrogens is 228 g/mol. The minimum absolute atomic E-state index is 0.279. The molecule has 0 saturated carbocycles. The molecule has 0 aliphatic rings. The third kappa shape index (κ3) is 3.42. The van der Waals surface area contributed by atoms with Gasteiger partial charge < -0.3 is 15.6 Å².